The maximum Gasteiger partial charge on any atom is 0.164 e. The number of aliphatic hydroxyl groups is 3. The highest BCUT2D eigenvalue weighted by atomic mass is 35.5. The highest BCUT2D eigenvalue weighted by molar-refractivity contribution is 6.31. The van der Waals surface area contributed by atoms with Crippen molar-refractivity contribution >= 4 is 28.5 Å². The molecule has 1 fully saturated rings. The lowest BCUT2D eigenvalue weighted by atomic mass is 9.79. The van der Waals surface area contributed by atoms with Crippen molar-refractivity contribution in [3.8, 4) is 0 Å². The van der Waals surface area contributed by atoms with E-state index < -0.39 is 23.7 Å². The number of imidazole rings is 1. The van der Waals surface area contributed by atoms with Gasteiger partial charge in [-0.3, -0.25) is 0 Å². The molecular formula is C18H21ClN4O3. The summed E-state index contributed by atoms with van der Waals surface area (Å²) in [5.41, 5.74) is 2.36. The third kappa shape index (κ3) is 1.89. The Hall–Kier alpha value is -1.67. The SMILES string of the molecule is CC1Cc2c(Cl)nc3c(ncn3[C@H]3[C@H](O)[C@H](O)[C@]4(CO)C=CC[C@H]34)c2N1. The highest BCUT2D eigenvalue weighted by Crippen LogP contribution is 2.55. The number of nitrogens with one attached hydrogen (secondary N) is 1. The standard InChI is InChI=1S/C18H21ClN4O3/c1-8-5-9-11(21-8)12-17(22-16(9)19)23(7-20-12)13-10-3-2-4-18(10,6-24)15(26)14(13)25/h2,4,7-8,10,13-15,21,24-26H,3,5-6H2,1H3/t8?,10-,13-,14+,15+,18+/m1/s1. The van der Waals surface area contributed by atoms with Crippen LogP contribution in [0.5, 0.6) is 0 Å². The Balaban J connectivity index is 1.67. The number of anilines is 1. The molecule has 0 bridgehead atoms. The fraction of sp³-hybridized carbons (Fsp3) is 0.556. The van der Waals surface area contributed by atoms with E-state index in [9.17, 15) is 15.3 Å². The molecule has 2 aromatic rings. The first-order valence-corrected chi connectivity index (χ1v) is 9.32. The lowest BCUT2D eigenvalue weighted by Gasteiger charge is -2.30. The highest BCUT2D eigenvalue weighted by Gasteiger charge is 2.60. The van der Waals surface area contributed by atoms with Crippen LogP contribution in [-0.4, -0.2) is 54.7 Å². The number of halogens is 1. The van der Waals surface area contributed by atoms with E-state index in [0.717, 1.165) is 23.2 Å². The summed E-state index contributed by atoms with van der Waals surface area (Å²) in [4.78, 5) is 9.10. The van der Waals surface area contributed by atoms with Crippen molar-refractivity contribution in [2.24, 2.45) is 11.3 Å². The Labute approximate surface area is 155 Å². The minimum Gasteiger partial charge on any atom is -0.395 e. The third-order valence-corrected chi connectivity index (χ3v) is 6.71. The molecule has 26 heavy (non-hydrogen) atoms. The molecule has 0 aromatic carbocycles. The van der Waals surface area contributed by atoms with Crippen LogP contribution < -0.4 is 5.32 Å². The van der Waals surface area contributed by atoms with E-state index in [1.54, 1.807) is 6.33 Å². The van der Waals surface area contributed by atoms with Gasteiger partial charge in [0.25, 0.3) is 0 Å². The quantitative estimate of drug-likeness (QED) is 0.465. The molecule has 6 atom stereocenters. The predicted octanol–water partition coefficient (Wildman–Crippen LogP) is 1.27. The Bertz CT molecular complexity index is 929. The van der Waals surface area contributed by atoms with Gasteiger partial charge in [0, 0.05) is 17.0 Å². The monoisotopic (exact) mass is 376 g/mol. The minimum absolute atomic E-state index is 0.129. The zero-order valence-electron chi connectivity index (χ0n) is 14.3. The number of rotatable bonds is 2. The zero-order valence-corrected chi connectivity index (χ0v) is 15.1. The van der Waals surface area contributed by atoms with Gasteiger partial charge in [-0.25, -0.2) is 9.97 Å². The molecule has 3 aliphatic rings. The van der Waals surface area contributed by atoms with Crippen LogP contribution in [0.2, 0.25) is 5.15 Å². The van der Waals surface area contributed by atoms with Crippen LogP contribution in [-0.2, 0) is 6.42 Å². The number of aliphatic hydroxyl groups excluding tert-OH is 3. The molecule has 0 spiro atoms. The molecule has 4 N–H and O–H groups in total. The number of hydrogen-bond acceptors (Lipinski definition) is 6. The average molecular weight is 377 g/mol. The lowest BCUT2D eigenvalue weighted by molar-refractivity contribution is -0.0315. The maximum atomic E-state index is 10.8. The van der Waals surface area contributed by atoms with Crippen molar-refractivity contribution in [1.82, 2.24) is 14.5 Å². The number of allylic oxidation sites excluding steroid dienone is 1. The van der Waals surface area contributed by atoms with Crippen LogP contribution >= 0.6 is 11.6 Å². The Morgan fingerprint density at radius 1 is 1.42 bits per heavy atom. The van der Waals surface area contributed by atoms with E-state index in [1.165, 1.54) is 0 Å². The second kappa shape index (κ2) is 5.42. The normalized spacial score (nSPS) is 38.0. The van der Waals surface area contributed by atoms with Gasteiger partial charge in [0.15, 0.2) is 5.65 Å². The van der Waals surface area contributed by atoms with Crippen LogP contribution in [0.15, 0.2) is 18.5 Å². The van der Waals surface area contributed by atoms with Crippen molar-refractivity contribution in [2.45, 2.75) is 44.1 Å². The molecule has 5 rings (SSSR count). The van der Waals surface area contributed by atoms with Crippen molar-refractivity contribution in [3.63, 3.8) is 0 Å². The maximum absolute atomic E-state index is 10.8. The summed E-state index contributed by atoms with van der Waals surface area (Å²) < 4.78 is 1.81. The van der Waals surface area contributed by atoms with Gasteiger partial charge >= 0.3 is 0 Å². The van der Waals surface area contributed by atoms with E-state index in [1.807, 2.05) is 16.7 Å². The molecule has 2 aliphatic carbocycles. The molecule has 0 saturated heterocycles. The molecule has 0 radical (unpaired) electrons. The van der Waals surface area contributed by atoms with Crippen molar-refractivity contribution in [3.05, 3.63) is 29.2 Å². The van der Waals surface area contributed by atoms with Crippen LogP contribution in [0.1, 0.15) is 24.9 Å². The summed E-state index contributed by atoms with van der Waals surface area (Å²) in [6.45, 7) is 1.87. The number of aromatic nitrogens is 3. The van der Waals surface area contributed by atoms with E-state index in [2.05, 4.69) is 22.2 Å². The molecule has 8 heteroatoms. The molecular weight excluding hydrogens is 356 g/mol. The third-order valence-electron chi connectivity index (χ3n) is 6.40. The number of nitrogens with zero attached hydrogens (tertiary/aromatic N) is 3. The Morgan fingerprint density at radius 3 is 3.00 bits per heavy atom. The first-order valence-electron chi connectivity index (χ1n) is 8.94. The van der Waals surface area contributed by atoms with Crippen molar-refractivity contribution < 1.29 is 15.3 Å². The van der Waals surface area contributed by atoms with Gasteiger partial charge in [-0.2, -0.15) is 0 Å². The fourth-order valence-corrected chi connectivity index (χ4v) is 5.38. The largest absolute Gasteiger partial charge is 0.395 e. The summed E-state index contributed by atoms with van der Waals surface area (Å²) in [6, 6.07) is -0.169. The summed E-state index contributed by atoms with van der Waals surface area (Å²) in [6.07, 6.45) is 4.87. The van der Waals surface area contributed by atoms with Crippen molar-refractivity contribution in [1.29, 1.82) is 0 Å². The van der Waals surface area contributed by atoms with Crippen LogP contribution in [0.3, 0.4) is 0 Å². The summed E-state index contributed by atoms with van der Waals surface area (Å²) in [5, 5.41) is 35.2. The fourth-order valence-electron chi connectivity index (χ4n) is 5.13. The van der Waals surface area contributed by atoms with Gasteiger partial charge in [0.1, 0.15) is 16.8 Å². The zero-order chi connectivity index (χ0) is 18.2. The van der Waals surface area contributed by atoms with Crippen molar-refractivity contribution in [2.75, 3.05) is 11.9 Å². The van der Waals surface area contributed by atoms with Crippen LogP contribution in [0.25, 0.3) is 11.2 Å². The molecule has 0 amide bonds. The first-order chi connectivity index (χ1) is 12.5. The number of fused-ring (bicyclic) bond motifs is 4. The van der Waals surface area contributed by atoms with E-state index in [-0.39, 0.29) is 18.6 Å². The Kier molecular flexibility index (Phi) is 3.44. The first kappa shape index (κ1) is 16.5. The summed E-state index contributed by atoms with van der Waals surface area (Å²) in [5.74, 6) is -0.129. The van der Waals surface area contributed by atoms with Crippen LogP contribution in [0, 0.1) is 11.3 Å². The topological polar surface area (TPSA) is 103 Å². The van der Waals surface area contributed by atoms with Gasteiger partial charge in [-0.05, 0) is 25.7 Å². The van der Waals surface area contributed by atoms with Gasteiger partial charge < -0.3 is 25.2 Å². The van der Waals surface area contributed by atoms with E-state index in [4.69, 9.17) is 11.6 Å². The van der Waals surface area contributed by atoms with Gasteiger partial charge in [0.2, 0.25) is 0 Å². The van der Waals surface area contributed by atoms with E-state index in [0.29, 0.717) is 17.2 Å². The number of hydrogen-bond donors (Lipinski definition) is 4. The summed E-state index contributed by atoms with van der Waals surface area (Å²) in [7, 11) is 0. The average Bonchev–Trinajstić information content (AvgIpc) is 3.34. The molecule has 1 saturated carbocycles. The van der Waals surface area contributed by atoms with E-state index >= 15 is 0 Å². The van der Waals surface area contributed by atoms with Gasteiger partial charge in [0.05, 0.1) is 30.8 Å². The second-order valence-electron chi connectivity index (χ2n) is 7.77. The molecule has 138 valence electrons. The van der Waals surface area contributed by atoms with Crippen LogP contribution in [0.4, 0.5) is 5.69 Å². The molecule has 1 unspecified atom stereocenters. The minimum atomic E-state index is -1.04. The molecule has 2 aromatic heterocycles. The van der Waals surface area contributed by atoms with Gasteiger partial charge in [-0.15, -0.1) is 0 Å². The smallest absolute Gasteiger partial charge is 0.164 e. The summed E-state index contributed by atoms with van der Waals surface area (Å²) >= 11 is 6.42. The lowest BCUT2D eigenvalue weighted by Crippen LogP contribution is -2.38. The second-order valence-corrected chi connectivity index (χ2v) is 8.13. The molecule has 7 nitrogen and oxygen atoms in total. The Morgan fingerprint density at radius 2 is 2.23 bits per heavy atom. The number of pyridine rings is 1. The molecule has 1 aliphatic heterocycles. The van der Waals surface area contributed by atoms with Gasteiger partial charge in [-0.1, -0.05) is 23.8 Å². The predicted molar refractivity (Wildman–Crippen MR) is 97.1 cm³/mol. The molecule has 3 heterocycles.